The first-order chi connectivity index (χ1) is 11.6. The van der Waals surface area contributed by atoms with Crippen molar-refractivity contribution in [2.24, 2.45) is 10.7 Å². The first kappa shape index (κ1) is 15.0. The standard InChI is InChI=1S/C20H18ClN3/c1-13-12-24(20(22)23-14-6-3-2-4-7-14)18-11-10-15-16(19(13)18)8-5-9-17(15)21/h2-11,13H,12H2,1H3,(H2,22,23). The molecule has 2 N–H and O–H groups in total. The molecule has 0 saturated carbocycles. The maximum Gasteiger partial charge on any atom is 0.201 e. The molecule has 24 heavy (non-hydrogen) atoms. The second kappa shape index (κ2) is 5.84. The van der Waals surface area contributed by atoms with E-state index in [0.717, 1.165) is 28.3 Å². The van der Waals surface area contributed by atoms with Crippen LogP contribution in [0, 0.1) is 0 Å². The average Bonchev–Trinajstić information content (AvgIpc) is 2.94. The van der Waals surface area contributed by atoms with Gasteiger partial charge in [-0.3, -0.25) is 0 Å². The maximum atomic E-state index is 6.35. The van der Waals surface area contributed by atoms with E-state index in [4.69, 9.17) is 17.3 Å². The lowest BCUT2D eigenvalue weighted by atomic mass is 9.96. The minimum atomic E-state index is 0.367. The van der Waals surface area contributed by atoms with E-state index in [-0.39, 0.29) is 0 Å². The molecular formula is C20H18ClN3. The van der Waals surface area contributed by atoms with Crippen LogP contribution in [0.2, 0.25) is 5.02 Å². The summed E-state index contributed by atoms with van der Waals surface area (Å²) in [6, 6.07) is 20.0. The zero-order valence-corrected chi connectivity index (χ0v) is 14.2. The number of nitrogens with zero attached hydrogens (tertiary/aromatic N) is 2. The monoisotopic (exact) mass is 335 g/mol. The van der Waals surface area contributed by atoms with Gasteiger partial charge in [0.1, 0.15) is 0 Å². The molecule has 3 nitrogen and oxygen atoms in total. The lowest BCUT2D eigenvalue weighted by molar-refractivity contribution is 0.824. The number of fused-ring (bicyclic) bond motifs is 3. The third-order valence-electron chi connectivity index (χ3n) is 4.54. The van der Waals surface area contributed by atoms with Crippen molar-refractivity contribution >= 4 is 39.7 Å². The highest BCUT2D eigenvalue weighted by Gasteiger charge is 2.29. The fourth-order valence-electron chi connectivity index (χ4n) is 3.46. The minimum Gasteiger partial charge on any atom is -0.369 e. The van der Waals surface area contributed by atoms with Crippen molar-refractivity contribution in [2.75, 3.05) is 11.4 Å². The number of para-hydroxylation sites is 1. The molecule has 3 aromatic carbocycles. The van der Waals surface area contributed by atoms with Gasteiger partial charge in [0, 0.05) is 28.6 Å². The smallest absolute Gasteiger partial charge is 0.201 e. The highest BCUT2D eigenvalue weighted by atomic mass is 35.5. The minimum absolute atomic E-state index is 0.367. The summed E-state index contributed by atoms with van der Waals surface area (Å²) in [4.78, 5) is 6.66. The van der Waals surface area contributed by atoms with Crippen molar-refractivity contribution in [1.82, 2.24) is 0 Å². The molecular weight excluding hydrogens is 318 g/mol. The topological polar surface area (TPSA) is 41.6 Å². The molecule has 4 heteroatoms. The van der Waals surface area contributed by atoms with Crippen molar-refractivity contribution in [1.29, 1.82) is 0 Å². The molecule has 0 aromatic heterocycles. The lowest BCUT2D eigenvalue weighted by Gasteiger charge is -2.18. The number of aliphatic imine (C=N–C) groups is 1. The van der Waals surface area contributed by atoms with Gasteiger partial charge in [-0.1, -0.05) is 54.9 Å². The van der Waals surface area contributed by atoms with Gasteiger partial charge in [-0.2, -0.15) is 0 Å². The average molecular weight is 336 g/mol. The van der Waals surface area contributed by atoms with Crippen LogP contribution in [-0.4, -0.2) is 12.5 Å². The van der Waals surface area contributed by atoms with Crippen LogP contribution in [0.25, 0.3) is 10.8 Å². The first-order valence-corrected chi connectivity index (χ1v) is 8.41. The van der Waals surface area contributed by atoms with E-state index < -0.39 is 0 Å². The Kier molecular flexibility index (Phi) is 3.66. The highest BCUT2D eigenvalue weighted by Crippen LogP contribution is 2.42. The number of rotatable bonds is 1. The van der Waals surface area contributed by atoms with Gasteiger partial charge in [-0.05, 0) is 35.2 Å². The van der Waals surface area contributed by atoms with E-state index in [2.05, 4.69) is 35.0 Å². The Morgan fingerprint density at radius 3 is 2.62 bits per heavy atom. The van der Waals surface area contributed by atoms with Crippen molar-refractivity contribution < 1.29 is 0 Å². The zero-order valence-electron chi connectivity index (χ0n) is 13.4. The van der Waals surface area contributed by atoms with Crippen LogP contribution < -0.4 is 10.6 Å². The SMILES string of the molecule is CC1CN(C(N)=Nc2ccccc2)c2ccc3c(Cl)cccc3c21. The Balaban J connectivity index is 1.82. The number of nitrogens with two attached hydrogens (primary N) is 1. The van der Waals surface area contributed by atoms with Crippen LogP contribution in [0.3, 0.4) is 0 Å². The number of guanidine groups is 1. The molecule has 0 fully saturated rings. The Hall–Kier alpha value is -2.52. The Morgan fingerprint density at radius 1 is 1.04 bits per heavy atom. The van der Waals surface area contributed by atoms with E-state index in [1.807, 2.05) is 42.5 Å². The molecule has 0 bridgehead atoms. The molecule has 0 saturated heterocycles. The summed E-state index contributed by atoms with van der Waals surface area (Å²) in [5.74, 6) is 0.889. The predicted octanol–water partition coefficient (Wildman–Crippen LogP) is 5.06. The van der Waals surface area contributed by atoms with E-state index in [0.29, 0.717) is 11.9 Å². The van der Waals surface area contributed by atoms with E-state index >= 15 is 0 Å². The van der Waals surface area contributed by atoms with Gasteiger partial charge in [0.25, 0.3) is 0 Å². The second-order valence-corrected chi connectivity index (χ2v) is 6.56. The molecule has 0 amide bonds. The summed E-state index contributed by atoms with van der Waals surface area (Å²) >= 11 is 6.35. The fraction of sp³-hybridized carbons (Fsp3) is 0.150. The molecule has 1 atom stereocenters. The Bertz CT molecular complexity index is 934. The number of anilines is 1. The number of hydrogen-bond acceptors (Lipinski definition) is 1. The van der Waals surface area contributed by atoms with Gasteiger partial charge >= 0.3 is 0 Å². The second-order valence-electron chi connectivity index (χ2n) is 6.15. The van der Waals surface area contributed by atoms with Crippen molar-refractivity contribution in [3.05, 3.63) is 71.2 Å². The van der Waals surface area contributed by atoms with Crippen LogP contribution >= 0.6 is 11.6 Å². The van der Waals surface area contributed by atoms with Gasteiger partial charge in [-0.25, -0.2) is 4.99 Å². The van der Waals surface area contributed by atoms with Gasteiger partial charge in [0.15, 0.2) is 0 Å². The van der Waals surface area contributed by atoms with Gasteiger partial charge in [0.05, 0.1) is 5.69 Å². The number of halogens is 1. The molecule has 120 valence electrons. The summed E-state index contributed by atoms with van der Waals surface area (Å²) in [7, 11) is 0. The lowest BCUT2D eigenvalue weighted by Crippen LogP contribution is -2.36. The van der Waals surface area contributed by atoms with Crippen molar-refractivity contribution in [3.8, 4) is 0 Å². The molecule has 3 aromatic rings. The molecule has 1 unspecified atom stereocenters. The Morgan fingerprint density at radius 2 is 1.83 bits per heavy atom. The normalized spacial score (nSPS) is 17.3. The van der Waals surface area contributed by atoms with Crippen LogP contribution in [0.15, 0.2) is 65.7 Å². The predicted molar refractivity (Wildman–Crippen MR) is 102 cm³/mol. The van der Waals surface area contributed by atoms with Crippen LogP contribution in [0.1, 0.15) is 18.4 Å². The third-order valence-corrected chi connectivity index (χ3v) is 4.87. The summed E-state index contributed by atoms with van der Waals surface area (Å²) in [6.45, 7) is 3.04. The van der Waals surface area contributed by atoms with E-state index in [1.165, 1.54) is 10.9 Å². The van der Waals surface area contributed by atoms with Gasteiger partial charge in [0.2, 0.25) is 5.96 Å². The summed E-state index contributed by atoms with van der Waals surface area (Å²) < 4.78 is 0. The van der Waals surface area contributed by atoms with Crippen LogP contribution in [0.5, 0.6) is 0 Å². The van der Waals surface area contributed by atoms with Crippen LogP contribution in [0.4, 0.5) is 11.4 Å². The molecule has 0 radical (unpaired) electrons. The highest BCUT2D eigenvalue weighted by molar-refractivity contribution is 6.35. The quantitative estimate of drug-likeness (QED) is 0.498. The van der Waals surface area contributed by atoms with Gasteiger partial charge in [-0.15, -0.1) is 0 Å². The molecule has 0 aliphatic carbocycles. The molecule has 1 heterocycles. The largest absolute Gasteiger partial charge is 0.369 e. The van der Waals surface area contributed by atoms with E-state index in [9.17, 15) is 0 Å². The summed E-state index contributed by atoms with van der Waals surface area (Å²) in [6.07, 6.45) is 0. The first-order valence-electron chi connectivity index (χ1n) is 8.03. The zero-order chi connectivity index (χ0) is 16.7. The van der Waals surface area contributed by atoms with Crippen molar-refractivity contribution in [2.45, 2.75) is 12.8 Å². The number of benzene rings is 3. The maximum absolute atomic E-state index is 6.35. The van der Waals surface area contributed by atoms with Crippen LogP contribution in [-0.2, 0) is 0 Å². The summed E-state index contributed by atoms with van der Waals surface area (Å²) in [5, 5.41) is 3.07. The Labute approximate surface area is 146 Å². The molecule has 4 rings (SSSR count). The van der Waals surface area contributed by atoms with Gasteiger partial charge < -0.3 is 10.6 Å². The number of hydrogen-bond donors (Lipinski definition) is 1. The third kappa shape index (κ3) is 2.42. The van der Waals surface area contributed by atoms with Crippen molar-refractivity contribution in [3.63, 3.8) is 0 Å². The molecule has 0 spiro atoms. The summed E-state index contributed by atoms with van der Waals surface area (Å²) in [5.41, 5.74) is 9.59. The molecule has 1 aliphatic rings. The fourth-order valence-corrected chi connectivity index (χ4v) is 3.70. The van der Waals surface area contributed by atoms with E-state index in [1.54, 1.807) is 0 Å². The molecule has 1 aliphatic heterocycles.